The lowest BCUT2D eigenvalue weighted by Gasteiger charge is -2.19. The standard InChI is InChI=1S/C17H16O6/c1-7(2)15-14(20)11-13(19)10-8(12(18)17(11)23-15)5-6-9(21-3)16(10)22-4/h5-6,14-15,20H,1H2,2-4H3/t14-,15-/m0/s1. The molecule has 0 radical (unpaired) electrons. The quantitative estimate of drug-likeness (QED) is 0.854. The number of ketones is 2. The lowest BCUT2D eigenvalue weighted by atomic mass is 9.85. The number of fused-ring (bicyclic) bond motifs is 1. The number of benzene rings is 1. The summed E-state index contributed by atoms with van der Waals surface area (Å²) in [5.41, 5.74) is 0.727. The Morgan fingerprint density at radius 1 is 1.22 bits per heavy atom. The Bertz CT molecular complexity index is 774. The van der Waals surface area contributed by atoms with Gasteiger partial charge in [-0.15, -0.1) is 0 Å². The molecule has 23 heavy (non-hydrogen) atoms. The summed E-state index contributed by atoms with van der Waals surface area (Å²) in [4.78, 5) is 25.5. The van der Waals surface area contributed by atoms with Crippen molar-refractivity contribution < 1.29 is 28.9 Å². The maximum absolute atomic E-state index is 12.9. The Morgan fingerprint density at radius 3 is 2.48 bits per heavy atom. The second kappa shape index (κ2) is 5.24. The van der Waals surface area contributed by atoms with E-state index in [1.807, 2.05) is 0 Å². The molecule has 0 saturated carbocycles. The highest BCUT2D eigenvalue weighted by Crippen LogP contribution is 2.43. The number of aliphatic hydroxyl groups is 1. The fraction of sp³-hybridized carbons (Fsp3) is 0.294. The molecule has 1 heterocycles. The first kappa shape index (κ1) is 15.3. The van der Waals surface area contributed by atoms with E-state index in [-0.39, 0.29) is 28.2 Å². The van der Waals surface area contributed by atoms with Crippen LogP contribution in [-0.4, -0.2) is 43.1 Å². The Hall–Kier alpha value is -2.60. The summed E-state index contributed by atoms with van der Waals surface area (Å²) < 4.78 is 15.9. The number of ether oxygens (including phenoxy) is 3. The van der Waals surface area contributed by atoms with Crippen molar-refractivity contribution in [1.29, 1.82) is 0 Å². The van der Waals surface area contributed by atoms with Crippen LogP contribution in [0.1, 0.15) is 27.6 Å². The van der Waals surface area contributed by atoms with Gasteiger partial charge in [0.15, 0.2) is 23.0 Å². The zero-order valence-corrected chi connectivity index (χ0v) is 13.0. The molecule has 1 aromatic carbocycles. The minimum absolute atomic E-state index is 0.0537. The molecule has 0 amide bonds. The average molecular weight is 316 g/mol. The minimum Gasteiger partial charge on any atom is -0.493 e. The highest BCUT2D eigenvalue weighted by Gasteiger charge is 2.47. The van der Waals surface area contributed by atoms with Crippen LogP contribution >= 0.6 is 0 Å². The molecule has 3 rings (SSSR count). The number of aliphatic hydroxyl groups excluding tert-OH is 1. The molecular weight excluding hydrogens is 300 g/mol. The smallest absolute Gasteiger partial charge is 0.229 e. The van der Waals surface area contributed by atoms with Gasteiger partial charge in [-0.2, -0.15) is 0 Å². The van der Waals surface area contributed by atoms with E-state index < -0.39 is 23.8 Å². The first-order valence-corrected chi connectivity index (χ1v) is 7.01. The highest BCUT2D eigenvalue weighted by molar-refractivity contribution is 6.28. The monoisotopic (exact) mass is 316 g/mol. The van der Waals surface area contributed by atoms with Crippen LogP contribution in [0.25, 0.3) is 0 Å². The third kappa shape index (κ3) is 1.98. The molecule has 6 nitrogen and oxygen atoms in total. The molecule has 120 valence electrons. The molecule has 0 saturated heterocycles. The summed E-state index contributed by atoms with van der Waals surface area (Å²) in [5.74, 6) is -0.572. The van der Waals surface area contributed by atoms with Crippen LogP contribution in [-0.2, 0) is 4.74 Å². The molecular formula is C17H16O6. The van der Waals surface area contributed by atoms with Crippen LogP contribution in [0.4, 0.5) is 0 Å². The molecule has 0 unspecified atom stereocenters. The SMILES string of the molecule is C=C(C)[C@@H]1OC2=C(C(=O)c3c(ccc(OC)c3OC)C2=O)[C@@H]1O. The number of carbonyl (C=O) groups is 2. The summed E-state index contributed by atoms with van der Waals surface area (Å²) in [6.45, 7) is 5.39. The zero-order chi connectivity index (χ0) is 16.9. The molecule has 6 heteroatoms. The van der Waals surface area contributed by atoms with Crippen LogP contribution in [0.15, 0.2) is 35.6 Å². The van der Waals surface area contributed by atoms with Crippen LogP contribution in [0.3, 0.4) is 0 Å². The molecule has 0 spiro atoms. The second-order valence-corrected chi connectivity index (χ2v) is 5.45. The topological polar surface area (TPSA) is 82.1 Å². The van der Waals surface area contributed by atoms with E-state index >= 15 is 0 Å². The van der Waals surface area contributed by atoms with Gasteiger partial charge in [-0.3, -0.25) is 9.59 Å². The Morgan fingerprint density at radius 2 is 1.91 bits per heavy atom. The van der Waals surface area contributed by atoms with Crippen molar-refractivity contribution in [3.05, 3.63) is 46.7 Å². The average Bonchev–Trinajstić information content (AvgIpc) is 2.89. The summed E-state index contributed by atoms with van der Waals surface area (Å²) in [7, 11) is 2.83. The lowest BCUT2D eigenvalue weighted by molar-refractivity contribution is 0.0644. The molecule has 1 aromatic rings. The van der Waals surface area contributed by atoms with Gasteiger partial charge in [0.1, 0.15) is 12.2 Å². The molecule has 1 N–H and O–H groups in total. The largest absolute Gasteiger partial charge is 0.493 e. The van der Waals surface area contributed by atoms with E-state index in [1.54, 1.807) is 13.0 Å². The van der Waals surface area contributed by atoms with E-state index in [0.717, 1.165) is 0 Å². The van der Waals surface area contributed by atoms with E-state index in [2.05, 4.69) is 6.58 Å². The number of methoxy groups -OCH3 is 2. The summed E-state index contributed by atoms with van der Waals surface area (Å²) in [5, 5.41) is 10.4. The van der Waals surface area contributed by atoms with Crippen LogP contribution in [0, 0.1) is 0 Å². The fourth-order valence-electron chi connectivity index (χ4n) is 2.92. The predicted molar refractivity (Wildman–Crippen MR) is 80.9 cm³/mol. The zero-order valence-electron chi connectivity index (χ0n) is 13.0. The van der Waals surface area contributed by atoms with Crippen molar-refractivity contribution in [2.24, 2.45) is 0 Å². The number of hydrogen-bond donors (Lipinski definition) is 1. The molecule has 2 aliphatic rings. The Kier molecular flexibility index (Phi) is 3.49. The van der Waals surface area contributed by atoms with Gasteiger partial charge in [-0.25, -0.2) is 0 Å². The predicted octanol–water partition coefficient (Wildman–Crippen LogP) is 1.67. The maximum atomic E-state index is 12.9. The number of hydrogen-bond acceptors (Lipinski definition) is 6. The van der Waals surface area contributed by atoms with Gasteiger partial charge >= 0.3 is 0 Å². The summed E-state index contributed by atoms with van der Waals surface area (Å²) in [6.07, 6.45) is -2.04. The lowest BCUT2D eigenvalue weighted by Crippen LogP contribution is -2.29. The van der Waals surface area contributed by atoms with E-state index in [4.69, 9.17) is 14.2 Å². The minimum atomic E-state index is -1.23. The summed E-state index contributed by atoms with van der Waals surface area (Å²) >= 11 is 0. The molecule has 0 bridgehead atoms. The van der Waals surface area contributed by atoms with Crippen molar-refractivity contribution in [2.75, 3.05) is 14.2 Å². The van der Waals surface area contributed by atoms with Crippen molar-refractivity contribution in [3.63, 3.8) is 0 Å². The van der Waals surface area contributed by atoms with Gasteiger partial charge in [0.2, 0.25) is 5.78 Å². The van der Waals surface area contributed by atoms with Gasteiger partial charge in [0.25, 0.3) is 0 Å². The molecule has 0 aromatic heterocycles. The first-order chi connectivity index (χ1) is 10.9. The Labute approximate surface area is 133 Å². The number of rotatable bonds is 3. The van der Waals surface area contributed by atoms with E-state index in [1.165, 1.54) is 20.3 Å². The van der Waals surface area contributed by atoms with Gasteiger partial charge < -0.3 is 19.3 Å². The fourth-order valence-corrected chi connectivity index (χ4v) is 2.92. The molecule has 0 fully saturated rings. The number of allylic oxidation sites excluding steroid dienone is 1. The summed E-state index contributed by atoms with van der Waals surface area (Å²) in [6, 6.07) is 3.04. The van der Waals surface area contributed by atoms with Crippen molar-refractivity contribution in [2.45, 2.75) is 19.1 Å². The normalized spacial score (nSPS) is 22.4. The van der Waals surface area contributed by atoms with Crippen molar-refractivity contribution >= 4 is 11.6 Å². The highest BCUT2D eigenvalue weighted by atomic mass is 16.5. The first-order valence-electron chi connectivity index (χ1n) is 7.01. The van der Waals surface area contributed by atoms with E-state index in [9.17, 15) is 14.7 Å². The van der Waals surface area contributed by atoms with Crippen LogP contribution in [0.2, 0.25) is 0 Å². The van der Waals surface area contributed by atoms with E-state index in [0.29, 0.717) is 11.3 Å². The van der Waals surface area contributed by atoms with Gasteiger partial charge in [-0.1, -0.05) is 6.58 Å². The van der Waals surface area contributed by atoms with Crippen LogP contribution < -0.4 is 9.47 Å². The number of carbonyl (C=O) groups excluding carboxylic acids is 2. The van der Waals surface area contributed by atoms with Gasteiger partial charge in [0.05, 0.1) is 25.4 Å². The molecule has 2 atom stereocenters. The second-order valence-electron chi connectivity index (χ2n) is 5.45. The Balaban J connectivity index is 2.20. The third-order valence-electron chi connectivity index (χ3n) is 4.03. The van der Waals surface area contributed by atoms with Crippen LogP contribution in [0.5, 0.6) is 11.5 Å². The van der Waals surface area contributed by atoms with Gasteiger partial charge in [-0.05, 0) is 24.6 Å². The third-order valence-corrected chi connectivity index (χ3v) is 4.03. The van der Waals surface area contributed by atoms with Gasteiger partial charge in [0, 0.05) is 5.56 Å². The number of Topliss-reactive ketones (excluding diaryl/α,β-unsaturated/α-hetero) is 2. The van der Waals surface area contributed by atoms with Crippen molar-refractivity contribution in [1.82, 2.24) is 0 Å². The maximum Gasteiger partial charge on any atom is 0.229 e. The molecule has 1 aliphatic heterocycles. The van der Waals surface area contributed by atoms with Crippen molar-refractivity contribution in [3.8, 4) is 11.5 Å². The molecule has 1 aliphatic carbocycles.